The molecule has 0 bridgehead atoms. The number of rotatable bonds is 7. The molecule has 0 amide bonds. The average Bonchev–Trinajstić information content (AvgIpc) is 2.56. The SMILES string of the molecule is C=C(C)C(=O)OC(CC)Oc1ccc(Oc2ccccc2)cc1. The molecular formula is C19H20O4. The standard InChI is InChI=1S/C19H20O4/c1-4-18(23-19(20)14(2)3)22-17-12-10-16(11-13-17)21-15-8-6-5-7-9-15/h5-13,18H,2,4H2,1,3H3. The van der Waals surface area contributed by atoms with E-state index in [1.165, 1.54) is 0 Å². The van der Waals surface area contributed by atoms with Crippen LogP contribution in [0.4, 0.5) is 0 Å². The van der Waals surface area contributed by atoms with Crippen LogP contribution in [0.5, 0.6) is 17.2 Å². The van der Waals surface area contributed by atoms with Crippen LogP contribution in [0, 0.1) is 0 Å². The lowest BCUT2D eigenvalue weighted by Gasteiger charge is -2.18. The van der Waals surface area contributed by atoms with Crippen LogP contribution in [0.1, 0.15) is 20.3 Å². The number of carbonyl (C=O) groups excluding carboxylic acids is 1. The molecule has 0 heterocycles. The molecule has 1 atom stereocenters. The molecule has 120 valence electrons. The summed E-state index contributed by atoms with van der Waals surface area (Å²) in [6, 6.07) is 16.7. The van der Waals surface area contributed by atoms with E-state index in [0.29, 0.717) is 23.5 Å². The molecule has 0 N–H and O–H groups in total. The maximum atomic E-state index is 11.5. The van der Waals surface area contributed by atoms with Gasteiger partial charge in [0, 0.05) is 12.0 Å². The van der Waals surface area contributed by atoms with E-state index in [1.54, 1.807) is 31.2 Å². The van der Waals surface area contributed by atoms with Crippen molar-refractivity contribution in [2.45, 2.75) is 26.6 Å². The minimum absolute atomic E-state index is 0.346. The van der Waals surface area contributed by atoms with Crippen molar-refractivity contribution in [3.05, 3.63) is 66.7 Å². The van der Waals surface area contributed by atoms with Crippen LogP contribution >= 0.6 is 0 Å². The summed E-state index contributed by atoms with van der Waals surface area (Å²) in [5, 5.41) is 0. The summed E-state index contributed by atoms with van der Waals surface area (Å²) in [7, 11) is 0. The fourth-order valence-corrected chi connectivity index (χ4v) is 1.77. The van der Waals surface area contributed by atoms with Crippen LogP contribution in [0.25, 0.3) is 0 Å². The molecule has 0 fully saturated rings. The third-order valence-corrected chi connectivity index (χ3v) is 2.99. The van der Waals surface area contributed by atoms with Gasteiger partial charge >= 0.3 is 5.97 Å². The van der Waals surface area contributed by atoms with E-state index in [9.17, 15) is 4.79 Å². The van der Waals surface area contributed by atoms with E-state index in [-0.39, 0.29) is 0 Å². The number of hydrogen-bond donors (Lipinski definition) is 0. The Hall–Kier alpha value is -2.75. The highest BCUT2D eigenvalue weighted by Gasteiger charge is 2.14. The molecule has 0 aromatic heterocycles. The first-order valence-corrected chi connectivity index (χ1v) is 7.44. The van der Waals surface area contributed by atoms with Gasteiger partial charge in [-0.3, -0.25) is 0 Å². The zero-order valence-corrected chi connectivity index (χ0v) is 13.3. The van der Waals surface area contributed by atoms with Crippen LogP contribution in [0.3, 0.4) is 0 Å². The predicted octanol–water partition coefficient (Wildman–Crippen LogP) is 4.71. The topological polar surface area (TPSA) is 44.8 Å². The second-order valence-electron chi connectivity index (χ2n) is 5.03. The van der Waals surface area contributed by atoms with Crippen LogP contribution in [0.2, 0.25) is 0 Å². The molecule has 0 saturated heterocycles. The second kappa shape index (κ2) is 8.03. The van der Waals surface area contributed by atoms with E-state index in [4.69, 9.17) is 14.2 Å². The Balaban J connectivity index is 1.96. The molecule has 2 aromatic rings. The van der Waals surface area contributed by atoms with Crippen LogP contribution in [-0.4, -0.2) is 12.3 Å². The van der Waals surface area contributed by atoms with E-state index < -0.39 is 12.3 Å². The summed E-state index contributed by atoms with van der Waals surface area (Å²) in [4.78, 5) is 11.5. The van der Waals surface area contributed by atoms with Crippen LogP contribution < -0.4 is 9.47 Å². The van der Waals surface area contributed by atoms with Crippen molar-refractivity contribution in [3.8, 4) is 17.2 Å². The molecular weight excluding hydrogens is 292 g/mol. The van der Waals surface area contributed by atoms with E-state index in [0.717, 1.165) is 5.75 Å². The Kier molecular flexibility index (Phi) is 5.80. The van der Waals surface area contributed by atoms with Gasteiger partial charge in [-0.1, -0.05) is 31.7 Å². The molecule has 4 nitrogen and oxygen atoms in total. The number of carbonyl (C=O) groups is 1. The van der Waals surface area contributed by atoms with Gasteiger partial charge in [-0.2, -0.15) is 0 Å². The summed E-state index contributed by atoms with van der Waals surface area (Å²) < 4.78 is 16.6. The van der Waals surface area contributed by atoms with E-state index in [2.05, 4.69) is 6.58 Å². The zero-order chi connectivity index (χ0) is 16.7. The predicted molar refractivity (Wildman–Crippen MR) is 88.6 cm³/mol. The van der Waals surface area contributed by atoms with Gasteiger partial charge < -0.3 is 14.2 Å². The maximum absolute atomic E-state index is 11.5. The quantitative estimate of drug-likeness (QED) is 0.422. The highest BCUT2D eigenvalue weighted by atomic mass is 16.7. The minimum Gasteiger partial charge on any atom is -0.457 e. The normalized spacial score (nSPS) is 11.4. The average molecular weight is 312 g/mol. The van der Waals surface area contributed by atoms with Crippen molar-refractivity contribution < 1.29 is 19.0 Å². The Morgan fingerprint density at radius 1 is 1.00 bits per heavy atom. The van der Waals surface area contributed by atoms with E-state index >= 15 is 0 Å². The first kappa shape index (κ1) is 16.6. The third-order valence-electron chi connectivity index (χ3n) is 2.99. The lowest BCUT2D eigenvalue weighted by molar-refractivity contribution is -0.159. The summed E-state index contributed by atoms with van der Waals surface area (Å²) in [5.41, 5.74) is 0.346. The number of para-hydroxylation sites is 1. The number of ether oxygens (including phenoxy) is 3. The summed E-state index contributed by atoms with van der Waals surface area (Å²) in [6.45, 7) is 7.03. The Morgan fingerprint density at radius 3 is 2.13 bits per heavy atom. The molecule has 2 rings (SSSR count). The van der Waals surface area contributed by atoms with Crippen molar-refractivity contribution in [1.82, 2.24) is 0 Å². The van der Waals surface area contributed by atoms with Crippen LogP contribution in [0.15, 0.2) is 66.7 Å². The van der Waals surface area contributed by atoms with Gasteiger partial charge in [0.1, 0.15) is 17.2 Å². The number of esters is 1. The molecule has 0 spiro atoms. The molecule has 0 aliphatic heterocycles. The lowest BCUT2D eigenvalue weighted by Crippen LogP contribution is -2.23. The molecule has 0 aliphatic carbocycles. The lowest BCUT2D eigenvalue weighted by atomic mass is 10.3. The Morgan fingerprint density at radius 2 is 1.57 bits per heavy atom. The maximum Gasteiger partial charge on any atom is 0.336 e. The third kappa shape index (κ3) is 5.18. The zero-order valence-electron chi connectivity index (χ0n) is 13.3. The van der Waals surface area contributed by atoms with Gasteiger partial charge in [0.25, 0.3) is 0 Å². The number of benzene rings is 2. The highest BCUT2D eigenvalue weighted by molar-refractivity contribution is 5.87. The Labute approximate surface area is 136 Å². The molecule has 23 heavy (non-hydrogen) atoms. The summed E-state index contributed by atoms with van der Waals surface area (Å²) >= 11 is 0. The Bertz CT molecular complexity index is 647. The van der Waals surface area contributed by atoms with Crippen molar-refractivity contribution in [2.24, 2.45) is 0 Å². The van der Waals surface area contributed by atoms with E-state index in [1.807, 2.05) is 37.3 Å². The van der Waals surface area contributed by atoms with Crippen molar-refractivity contribution in [1.29, 1.82) is 0 Å². The van der Waals surface area contributed by atoms with Crippen molar-refractivity contribution in [3.63, 3.8) is 0 Å². The molecule has 1 unspecified atom stereocenters. The van der Waals surface area contributed by atoms with Gasteiger partial charge in [-0.25, -0.2) is 4.79 Å². The van der Waals surface area contributed by atoms with Gasteiger partial charge in [-0.05, 0) is 43.3 Å². The monoisotopic (exact) mass is 312 g/mol. The van der Waals surface area contributed by atoms with Gasteiger partial charge in [0.05, 0.1) is 0 Å². The van der Waals surface area contributed by atoms with Gasteiger partial charge in [0.15, 0.2) is 0 Å². The summed E-state index contributed by atoms with van der Waals surface area (Å²) in [6.07, 6.45) is -0.0959. The highest BCUT2D eigenvalue weighted by Crippen LogP contribution is 2.24. The molecule has 0 saturated carbocycles. The molecule has 2 aromatic carbocycles. The first-order chi connectivity index (χ1) is 11.1. The fraction of sp³-hybridized carbons (Fsp3) is 0.211. The molecule has 0 aliphatic rings. The first-order valence-electron chi connectivity index (χ1n) is 7.44. The van der Waals surface area contributed by atoms with Gasteiger partial charge in [-0.15, -0.1) is 0 Å². The molecule has 0 radical (unpaired) electrons. The number of hydrogen-bond acceptors (Lipinski definition) is 4. The second-order valence-corrected chi connectivity index (χ2v) is 5.03. The van der Waals surface area contributed by atoms with Crippen molar-refractivity contribution in [2.75, 3.05) is 0 Å². The largest absolute Gasteiger partial charge is 0.457 e. The minimum atomic E-state index is -0.639. The summed E-state index contributed by atoms with van der Waals surface area (Å²) in [5.74, 6) is 1.62. The fourth-order valence-electron chi connectivity index (χ4n) is 1.77. The molecule has 4 heteroatoms. The smallest absolute Gasteiger partial charge is 0.336 e. The van der Waals surface area contributed by atoms with Gasteiger partial charge in [0.2, 0.25) is 6.29 Å². The van der Waals surface area contributed by atoms with Crippen LogP contribution in [-0.2, 0) is 9.53 Å². The van der Waals surface area contributed by atoms with Crippen molar-refractivity contribution >= 4 is 5.97 Å².